The minimum atomic E-state index is -0.616. The summed E-state index contributed by atoms with van der Waals surface area (Å²) >= 11 is 0. The van der Waals surface area contributed by atoms with Crippen LogP contribution >= 0.6 is 0 Å². The summed E-state index contributed by atoms with van der Waals surface area (Å²) in [5, 5.41) is 6.78. The number of amides is 2. The van der Waals surface area contributed by atoms with E-state index >= 15 is 0 Å². The number of nitrogens with one attached hydrogen (secondary N) is 2. The molecule has 2 amide bonds. The third kappa shape index (κ3) is 8.47. The van der Waals surface area contributed by atoms with Gasteiger partial charge in [-0.2, -0.15) is 5.10 Å². The molecule has 2 N–H and O–H groups in total. The van der Waals surface area contributed by atoms with Crippen molar-refractivity contribution in [1.82, 2.24) is 10.7 Å². The van der Waals surface area contributed by atoms with Crippen LogP contribution in [-0.4, -0.2) is 24.1 Å². The average Bonchev–Trinajstić information content (AvgIpc) is 2.62. The summed E-state index contributed by atoms with van der Waals surface area (Å²) in [4.78, 5) is 24.5. The molecule has 0 aliphatic heterocycles. The topological polar surface area (TPSA) is 70.6 Å². The molecule has 1 rings (SSSR count). The van der Waals surface area contributed by atoms with Crippen LogP contribution in [0.1, 0.15) is 69.7 Å². The molecule has 0 aromatic heterocycles. The first-order chi connectivity index (χ1) is 12.1. The third-order valence-corrected chi connectivity index (χ3v) is 3.97. The fraction of sp³-hybridized carbons (Fsp3) is 0.550. The van der Waals surface area contributed by atoms with Crippen LogP contribution < -0.4 is 10.7 Å². The SMILES string of the molecule is CCCCCCC/C=N\NC(=O)C(NC(=O)c1ccccc1)C(C)C. The molecule has 0 saturated heterocycles. The number of rotatable bonds is 11. The molecule has 0 heterocycles. The van der Waals surface area contributed by atoms with Crippen molar-refractivity contribution >= 4 is 18.0 Å². The van der Waals surface area contributed by atoms with Crippen LogP contribution in [0.5, 0.6) is 0 Å². The Bertz CT molecular complexity index is 541. The lowest BCUT2D eigenvalue weighted by Crippen LogP contribution is -2.48. The minimum absolute atomic E-state index is 0.0306. The lowest BCUT2D eigenvalue weighted by atomic mass is 10.0. The van der Waals surface area contributed by atoms with Crippen LogP contribution in [0, 0.1) is 5.92 Å². The molecular weight excluding hydrogens is 314 g/mol. The predicted molar refractivity (Wildman–Crippen MR) is 103 cm³/mol. The van der Waals surface area contributed by atoms with Crippen molar-refractivity contribution in [3.8, 4) is 0 Å². The van der Waals surface area contributed by atoms with E-state index in [9.17, 15) is 9.59 Å². The Kier molecular flexibility index (Phi) is 10.2. The van der Waals surface area contributed by atoms with Gasteiger partial charge in [-0.05, 0) is 30.9 Å². The van der Waals surface area contributed by atoms with Gasteiger partial charge in [0.05, 0.1) is 0 Å². The second-order valence-corrected chi connectivity index (χ2v) is 6.55. The van der Waals surface area contributed by atoms with Crippen LogP contribution in [0.25, 0.3) is 0 Å². The van der Waals surface area contributed by atoms with E-state index in [0.29, 0.717) is 5.56 Å². The van der Waals surface area contributed by atoms with Crippen LogP contribution in [-0.2, 0) is 4.79 Å². The van der Waals surface area contributed by atoms with Gasteiger partial charge in [-0.1, -0.05) is 64.7 Å². The number of unbranched alkanes of at least 4 members (excludes halogenated alkanes) is 5. The fourth-order valence-corrected chi connectivity index (χ4v) is 2.43. The zero-order chi connectivity index (χ0) is 18.5. The molecule has 0 saturated carbocycles. The monoisotopic (exact) mass is 345 g/mol. The molecule has 0 fully saturated rings. The van der Waals surface area contributed by atoms with E-state index in [1.165, 1.54) is 25.7 Å². The van der Waals surface area contributed by atoms with E-state index in [2.05, 4.69) is 22.8 Å². The molecule has 0 aliphatic rings. The summed E-state index contributed by atoms with van der Waals surface area (Å²) in [6.45, 7) is 5.98. The normalized spacial score (nSPS) is 12.3. The van der Waals surface area contributed by atoms with E-state index in [1.54, 1.807) is 30.5 Å². The zero-order valence-electron chi connectivity index (χ0n) is 15.6. The molecule has 1 aromatic carbocycles. The highest BCUT2D eigenvalue weighted by Crippen LogP contribution is 2.06. The quantitative estimate of drug-likeness (QED) is 0.363. The Morgan fingerprint density at radius 2 is 1.76 bits per heavy atom. The number of nitrogens with zero attached hydrogens (tertiary/aromatic N) is 1. The van der Waals surface area contributed by atoms with E-state index in [0.717, 1.165) is 12.8 Å². The van der Waals surface area contributed by atoms with E-state index in [-0.39, 0.29) is 17.7 Å². The molecule has 5 nitrogen and oxygen atoms in total. The zero-order valence-corrected chi connectivity index (χ0v) is 15.6. The second-order valence-electron chi connectivity index (χ2n) is 6.55. The molecule has 0 bridgehead atoms. The largest absolute Gasteiger partial charge is 0.340 e. The van der Waals surface area contributed by atoms with Crippen molar-refractivity contribution < 1.29 is 9.59 Å². The van der Waals surface area contributed by atoms with Gasteiger partial charge in [-0.15, -0.1) is 0 Å². The maximum absolute atomic E-state index is 12.3. The number of hydrogen-bond acceptors (Lipinski definition) is 3. The standard InChI is InChI=1S/C20H31N3O2/c1-4-5-6-7-8-12-15-21-23-20(25)18(16(2)3)22-19(24)17-13-10-9-11-14-17/h9-11,13-16,18H,4-8,12H2,1-3H3,(H,22,24)(H,23,25)/b21-15-. The highest BCUT2D eigenvalue weighted by Gasteiger charge is 2.24. The molecule has 0 spiro atoms. The summed E-state index contributed by atoms with van der Waals surface area (Å²) in [5.74, 6) is -0.576. The molecule has 5 heteroatoms. The van der Waals surface area contributed by atoms with Crippen molar-refractivity contribution in [1.29, 1.82) is 0 Å². The van der Waals surface area contributed by atoms with Gasteiger partial charge in [0.1, 0.15) is 6.04 Å². The first-order valence-corrected chi connectivity index (χ1v) is 9.23. The van der Waals surface area contributed by atoms with Crippen LogP contribution in [0.2, 0.25) is 0 Å². The smallest absolute Gasteiger partial charge is 0.262 e. The number of carbonyl (C=O) groups excluding carboxylic acids is 2. The highest BCUT2D eigenvalue weighted by molar-refractivity contribution is 5.97. The summed E-state index contributed by atoms with van der Waals surface area (Å²) in [6.07, 6.45) is 8.61. The Balaban J connectivity index is 2.42. The van der Waals surface area contributed by atoms with Crippen LogP contribution in [0.3, 0.4) is 0 Å². The minimum Gasteiger partial charge on any atom is -0.340 e. The molecule has 1 unspecified atom stereocenters. The maximum atomic E-state index is 12.3. The van der Waals surface area contributed by atoms with Crippen molar-refractivity contribution in [2.24, 2.45) is 11.0 Å². The fourth-order valence-electron chi connectivity index (χ4n) is 2.43. The molecule has 25 heavy (non-hydrogen) atoms. The van der Waals surface area contributed by atoms with Crippen LogP contribution in [0.15, 0.2) is 35.4 Å². The number of benzene rings is 1. The Morgan fingerprint density at radius 1 is 1.08 bits per heavy atom. The Morgan fingerprint density at radius 3 is 2.40 bits per heavy atom. The number of hydrazone groups is 1. The maximum Gasteiger partial charge on any atom is 0.262 e. The molecule has 0 aliphatic carbocycles. The summed E-state index contributed by atoms with van der Waals surface area (Å²) in [5.41, 5.74) is 3.08. The van der Waals surface area contributed by atoms with E-state index in [1.807, 2.05) is 19.9 Å². The molecule has 0 radical (unpaired) electrons. The van der Waals surface area contributed by atoms with Gasteiger partial charge < -0.3 is 5.32 Å². The molecule has 138 valence electrons. The average molecular weight is 345 g/mol. The number of carbonyl (C=O) groups is 2. The van der Waals surface area contributed by atoms with Gasteiger partial charge in [-0.3, -0.25) is 9.59 Å². The predicted octanol–water partition coefficient (Wildman–Crippen LogP) is 3.90. The van der Waals surface area contributed by atoms with E-state index < -0.39 is 6.04 Å². The van der Waals surface area contributed by atoms with Crippen molar-refractivity contribution in [2.45, 2.75) is 65.3 Å². The number of hydrogen-bond donors (Lipinski definition) is 2. The van der Waals surface area contributed by atoms with Crippen molar-refractivity contribution in [3.63, 3.8) is 0 Å². The second kappa shape index (κ2) is 12.2. The van der Waals surface area contributed by atoms with Gasteiger partial charge in [0, 0.05) is 11.8 Å². The molecule has 1 aromatic rings. The summed E-state index contributed by atoms with van der Waals surface area (Å²) < 4.78 is 0. The van der Waals surface area contributed by atoms with Crippen molar-refractivity contribution in [2.75, 3.05) is 0 Å². The van der Waals surface area contributed by atoms with Gasteiger partial charge in [0.25, 0.3) is 11.8 Å². The lowest BCUT2D eigenvalue weighted by molar-refractivity contribution is -0.123. The molecular formula is C20H31N3O2. The van der Waals surface area contributed by atoms with Gasteiger partial charge >= 0.3 is 0 Å². The van der Waals surface area contributed by atoms with Gasteiger partial charge in [0.2, 0.25) is 0 Å². The van der Waals surface area contributed by atoms with Gasteiger partial charge in [0.15, 0.2) is 0 Å². The van der Waals surface area contributed by atoms with Crippen LogP contribution in [0.4, 0.5) is 0 Å². The highest BCUT2D eigenvalue weighted by atomic mass is 16.2. The first-order valence-electron chi connectivity index (χ1n) is 9.23. The Hall–Kier alpha value is -2.17. The first kappa shape index (κ1) is 20.9. The van der Waals surface area contributed by atoms with Gasteiger partial charge in [-0.25, -0.2) is 5.43 Å². The summed E-state index contributed by atoms with van der Waals surface area (Å²) in [7, 11) is 0. The van der Waals surface area contributed by atoms with Crippen molar-refractivity contribution in [3.05, 3.63) is 35.9 Å². The molecule has 1 atom stereocenters. The summed E-state index contributed by atoms with van der Waals surface area (Å²) in [6, 6.07) is 8.27. The lowest BCUT2D eigenvalue weighted by Gasteiger charge is -2.20. The van der Waals surface area contributed by atoms with E-state index in [4.69, 9.17) is 0 Å². The Labute approximate surface area is 151 Å². The third-order valence-electron chi connectivity index (χ3n) is 3.97.